The summed E-state index contributed by atoms with van der Waals surface area (Å²) in [5, 5.41) is 3.09. The van der Waals surface area contributed by atoms with E-state index in [-0.39, 0.29) is 5.75 Å². The quantitative estimate of drug-likeness (QED) is 0.821. The molecule has 5 nitrogen and oxygen atoms in total. The molecule has 0 atom stereocenters. The van der Waals surface area contributed by atoms with Gasteiger partial charge in [-0.1, -0.05) is 0 Å². The van der Waals surface area contributed by atoms with Crippen LogP contribution < -0.4 is 20.5 Å². The first-order valence-electron chi connectivity index (χ1n) is 6.77. The lowest BCUT2D eigenvalue weighted by molar-refractivity contribution is -0.0498. The average molecular weight is 309 g/mol. The van der Waals surface area contributed by atoms with Gasteiger partial charge in [0, 0.05) is 23.9 Å². The molecule has 0 saturated carbocycles. The standard InChI is InChI=1S/C15H17F2N3O2/c1-2-21-13-8-3-10(9-18)14(20-13)19-11-4-6-12(7-5-11)22-15(16)17/h3-8,15H,2,9,18H2,1H3,(H,19,20). The van der Waals surface area contributed by atoms with Crippen molar-refractivity contribution in [2.75, 3.05) is 11.9 Å². The normalized spacial score (nSPS) is 10.6. The molecule has 118 valence electrons. The first kappa shape index (κ1) is 16.0. The van der Waals surface area contributed by atoms with Crippen molar-refractivity contribution in [3.63, 3.8) is 0 Å². The van der Waals surface area contributed by atoms with E-state index in [1.165, 1.54) is 12.1 Å². The van der Waals surface area contributed by atoms with Crippen LogP contribution in [0.4, 0.5) is 20.3 Å². The molecule has 0 saturated heterocycles. The van der Waals surface area contributed by atoms with Crippen molar-refractivity contribution in [1.29, 1.82) is 0 Å². The number of nitrogens with zero attached hydrogens (tertiary/aromatic N) is 1. The highest BCUT2D eigenvalue weighted by Crippen LogP contribution is 2.24. The molecular weight excluding hydrogens is 292 g/mol. The Morgan fingerprint density at radius 2 is 1.91 bits per heavy atom. The van der Waals surface area contributed by atoms with Gasteiger partial charge in [0.1, 0.15) is 11.6 Å². The summed E-state index contributed by atoms with van der Waals surface area (Å²) in [6.45, 7) is -0.150. The largest absolute Gasteiger partial charge is 0.478 e. The first-order valence-corrected chi connectivity index (χ1v) is 6.77. The predicted octanol–water partition coefficient (Wildman–Crippen LogP) is 3.28. The second-order valence-electron chi connectivity index (χ2n) is 4.32. The zero-order valence-electron chi connectivity index (χ0n) is 12.1. The number of alkyl halides is 2. The molecular formula is C15H17F2N3O2. The molecule has 0 spiro atoms. The van der Waals surface area contributed by atoms with Crippen LogP contribution in [0.5, 0.6) is 11.6 Å². The third kappa shape index (κ3) is 4.29. The van der Waals surface area contributed by atoms with Crippen molar-refractivity contribution < 1.29 is 18.3 Å². The van der Waals surface area contributed by atoms with Crippen molar-refractivity contribution in [2.24, 2.45) is 5.73 Å². The number of hydrogen-bond acceptors (Lipinski definition) is 5. The molecule has 3 N–H and O–H groups in total. The molecule has 1 aromatic carbocycles. The molecule has 2 aromatic rings. The van der Waals surface area contributed by atoms with Gasteiger partial charge in [-0.05, 0) is 37.3 Å². The number of anilines is 2. The number of nitrogens with one attached hydrogen (secondary N) is 1. The number of benzene rings is 1. The Labute approximate surface area is 127 Å². The Bertz CT molecular complexity index is 606. The second-order valence-corrected chi connectivity index (χ2v) is 4.32. The lowest BCUT2D eigenvalue weighted by Gasteiger charge is -2.12. The summed E-state index contributed by atoms with van der Waals surface area (Å²) in [6.07, 6.45) is 0. The van der Waals surface area contributed by atoms with Crippen LogP contribution in [0.1, 0.15) is 12.5 Å². The predicted molar refractivity (Wildman–Crippen MR) is 79.7 cm³/mol. The SMILES string of the molecule is CCOc1ccc(CN)c(Nc2ccc(OC(F)F)cc2)n1. The third-order valence-corrected chi connectivity index (χ3v) is 2.81. The Morgan fingerprint density at radius 1 is 1.18 bits per heavy atom. The molecule has 1 aromatic heterocycles. The van der Waals surface area contributed by atoms with Gasteiger partial charge in [-0.25, -0.2) is 0 Å². The zero-order chi connectivity index (χ0) is 15.9. The van der Waals surface area contributed by atoms with Gasteiger partial charge in [0.15, 0.2) is 0 Å². The Balaban J connectivity index is 2.16. The molecule has 0 unspecified atom stereocenters. The van der Waals surface area contributed by atoms with Crippen LogP contribution in [-0.4, -0.2) is 18.2 Å². The smallest absolute Gasteiger partial charge is 0.387 e. The molecule has 0 aliphatic heterocycles. The van der Waals surface area contributed by atoms with Gasteiger partial charge >= 0.3 is 6.61 Å². The van der Waals surface area contributed by atoms with E-state index in [9.17, 15) is 8.78 Å². The maximum absolute atomic E-state index is 12.1. The van der Waals surface area contributed by atoms with Crippen LogP contribution in [0.15, 0.2) is 36.4 Å². The Hall–Kier alpha value is -2.41. The van der Waals surface area contributed by atoms with E-state index in [4.69, 9.17) is 10.5 Å². The zero-order valence-corrected chi connectivity index (χ0v) is 12.1. The number of rotatable bonds is 7. The highest BCUT2D eigenvalue weighted by molar-refractivity contribution is 5.60. The van der Waals surface area contributed by atoms with Crippen molar-refractivity contribution in [3.8, 4) is 11.6 Å². The van der Waals surface area contributed by atoms with Gasteiger partial charge in [-0.15, -0.1) is 0 Å². The van der Waals surface area contributed by atoms with E-state index in [1.54, 1.807) is 18.2 Å². The van der Waals surface area contributed by atoms with Crippen LogP contribution in [0.2, 0.25) is 0 Å². The van der Waals surface area contributed by atoms with E-state index in [1.807, 2.05) is 13.0 Å². The molecule has 0 aliphatic rings. The number of hydrogen-bond donors (Lipinski definition) is 2. The lowest BCUT2D eigenvalue weighted by atomic mass is 10.2. The van der Waals surface area contributed by atoms with E-state index in [0.717, 1.165) is 5.56 Å². The maximum atomic E-state index is 12.1. The summed E-state index contributed by atoms with van der Waals surface area (Å²) >= 11 is 0. The molecule has 1 heterocycles. The van der Waals surface area contributed by atoms with E-state index < -0.39 is 6.61 Å². The number of nitrogens with two attached hydrogens (primary N) is 1. The minimum atomic E-state index is -2.84. The molecule has 0 fully saturated rings. The summed E-state index contributed by atoms with van der Waals surface area (Å²) in [5.74, 6) is 1.14. The third-order valence-electron chi connectivity index (χ3n) is 2.81. The van der Waals surface area contributed by atoms with Gasteiger partial charge in [-0.3, -0.25) is 0 Å². The molecule has 22 heavy (non-hydrogen) atoms. The fourth-order valence-corrected chi connectivity index (χ4v) is 1.83. The number of halogens is 2. The van der Waals surface area contributed by atoms with Crippen LogP contribution in [0, 0.1) is 0 Å². The number of ether oxygens (including phenoxy) is 2. The minimum Gasteiger partial charge on any atom is -0.478 e. The van der Waals surface area contributed by atoms with Crippen LogP contribution in [0.25, 0.3) is 0 Å². The summed E-state index contributed by atoms with van der Waals surface area (Å²) in [5.41, 5.74) is 7.18. The molecule has 7 heteroatoms. The molecule has 0 amide bonds. The van der Waals surface area contributed by atoms with Gasteiger partial charge in [-0.2, -0.15) is 13.8 Å². The van der Waals surface area contributed by atoms with Crippen molar-refractivity contribution in [1.82, 2.24) is 4.98 Å². The highest BCUT2D eigenvalue weighted by Gasteiger charge is 2.07. The van der Waals surface area contributed by atoms with E-state index in [0.29, 0.717) is 30.5 Å². The summed E-state index contributed by atoms with van der Waals surface area (Å²) in [6, 6.07) is 9.71. The number of aromatic nitrogens is 1. The van der Waals surface area contributed by atoms with Gasteiger partial charge < -0.3 is 20.5 Å². The van der Waals surface area contributed by atoms with Crippen molar-refractivity contribution in [3.05, 3.63) is 42.0 Å². The van der Waals surface area contributed by atoms with Gasteiger partial charge in [0.25, 0.3) is 0 Å². The average Bonchev–Trinajstić information content (AvgIpc) is 2.49. The van der Waals surface area contributed by atoms with Crippen LogP contribution >= 0.6 is 0 Å². The van der Waals surface area contributed by atoms with E-state index >= 15 is 0 Å². The second kappa shape index (κ2) is 7.56. The monoisotopic (exact) mass is 309 g/mol. The lowest BCUT2D eigenvalue weighted by Crippen LogP contribution is -2.06. The fraction of sp³-hybridized carbons (Fsp3) is 0.267. The summed E-state index contributed by atoms with van der Waals surface area (Å²) in [7, 11) is 0. The first-order chi connectivity index (χ1) is 10.6. The fourth-order valence-electron chi connectivity index (χ4n) is 1.83. The molecule has 0 radical (unpaired) electrons. The topological polar surface area (TPSA) is 69.4 Å². The summed E-state index contributed by atoms with van der Waals surface area (Å²) < 4.78 is 33.9. The molecule has 0 aliphatic carbocycles. The van der Waals surface area contributed by atoms with E-state index in [2.05, 4.69) is 15.0 Å². The molecule has 2 rings (SSSR count). The Morgan fingerprint density at radius 3 is 2.50 bits per heavy atom. The van der Waals surface area contributed by atoms with Gasteiger partial charge in [0.2, 0.25) is 5.88 Å². The van der Waals surface area contributed by atoms with Crippen LogP contribution in [0.3, 0.4) is 0 Å². The number of pyridine rings is 1. The Kier molecular flexibility index (Phi) is 5.48. The summed E-state index contributed by atoms with van der Waals surface area (Å²) in [4.78, 5) is 4.33. The minimum absolute atomic E-state index is 0.0932. The van der Waals surface area contributed by atoms with Crippen LogP contribution in [-0.2, 0) is 6.54 Å². The highest BCUT2D eigenvalue weighted by atomic mass is 19.3. The van der Waals surface area contributed by atoms with Crippen molar-refractivity contribution in [2.45, 2.75) is 20.1 Å². The van der Waals surface area contributed by atoms with Crippen molar-refractivity contribution >= 4 is 11.5 Å². The van der Waals surface area contributed by atoms with Gasteiger partial charge in [0.05, 0.1) is 6.61 Å². The maximum Gasteiger partial charge on any atom is 0.387 e. The molecule has 0 bridgehead atoms.